The van der Waals surface area contributed by atoms with Crippen LogP contribution in [0.5, 0.6) is 0 Å². The Balaban J connectivity index is 1.98. The molecule has 3 aromatic rings. The summed E-state index contributed by atoms with van der Waals surface area (Å²) < 4.78 is 0. The minimum Gasteiger partial charge on any atom is -0.0654 e. The molecular formula is C24H27S+. The maximum Gasteiger partial charge on any atom is 0.166 e. The lowest BCUT2D eigenvalue weighted by atomic mass is 10.1. The van der Waals surface area contributed by atoms with Gasteiger partial charge in [-0.2, -0.15) is 0 Å². The summed E-state index contributed by atoms with van der Waals surface area (Å²) in [6.07, 6.45) is 3.69. The Morgan fingerprint density at radius 3 is 1.40 bits per heavy atom. The molecule has 0 radical (unpaired) electrons. The van der Waals surface area contributed by atoms with Crippen LogP contribution in [0, 0.1) is 13.8 Å². The standard InChI is InChI=1S/C24H27S/c1-4-5-6-21-11-17-24(18-12-21)25(22-13-7-19(2)8-14-22)23-15-9-20(3)10-16-23/h7-18H,4-6H2,1-3H3/q+1. The molecule has 0 heterocycles. The summed E-state index contributed by atoms with van der Waals surface area (Å²) in [7, 11) is -0.0452. The number of hydrogen-bond acceptors (Lipinski definition) is 0. The number of hydrogen-bond donors (Lipinski definition) is 0. The van der Waals surface area contributed by atoms with Crippen LogP contribution < -0.4 is 0 Å². The van der Waals surface area contributed by atoms with Crippen LogP contribution in [0.1, 0.15) is 36.5 Å². The van der Waals surface area contributed by atoms with Gasteiger partial charge < -0.3 is 0 Å². The molecule has 0 aliphatic rings. The Bertz CT molecular complexity index is 738. The predicted octanol–water partition coefficient (Wildman–Crippen LogP) is 6.74. The van der Waals surface area contributed by atoms with Gasteiger partial charge in [-0.3, -0.25) is 0 Å². The third-order valence-corrected chi connectivity index (χ3v) is 6.72. The van der Waals surface area contributed by atoms with E-state index in [4.69, 9.17) is 0 Å². The Labute approximate surface area is 155 Å². The van der Waals surface area contributed by atoms with Crippen molar-refractivity contribution in [2.45, 2.75) is 54.7 Å². The van der Waals surface area contributed by atoms with Gasteiger partial charge in [0.2, 0.25) is 0 Å². The quantitative estimate of drug-likeness (QED) is 0.433. The second-order valence-corrected chi connectivity index (χ2v) is 8.71. The molecule has 3 rings (SSSR count). The minimum atomic E-state index is -0.0452. The first-order chi connectivity index (χ1) is 12.2. The molecule has 0 aliphatic heterocycles. The molecule has 25 heavy (non-hydrogen) atoms. The molecule has 0 aliphatic carbocycles. The molecular weight excluding hydrogens is 320 g/mol. The minimum absolute atomic E-state index is 0.0452. The van der Waals surface area contributed by atoms with Crippen molar-refractivity contribution in [3.8, 4) is 0 Å². The van der Waals surface area contributed by atoms with Gasteiger partial charge in [0.25, 0.3) is 0 Å². The molecule has 128 valence electrons. The van der Waals surface area contributed by atoms with Crippen LogP contribution in [0.3, 0.4) is 0 Å². The molecule has 0 bridgehead atoms. The smallest absolute Gasteiger partial charge is 0.0654 e. The van der Waals surface area contributed by atoms with Gasteiger partial charge >= 0.3 is 0 Å². The summed E-state index contributed by atoms with van der Waals surface area (Å²) in [5.74, 6) is 0. The van der Waals surface area contributed by atoms with Crippen LogP contribution in [0.25, 0.3) is 0 Å². The molecule has 0 N–H and O–H groups in total. The molecule has 0 atom stereocenters. The van der Waals surface area contributed by atoms with Crippen molar-refractivity contribution in [2.75, 3.05) is 0 Å². The fourth-order valence-electron chi connectivity index (χ4n) is 2.93. The van der Waals surface area contributed by atoms with E-state index in [1.165, 1.54) is 50.6 Å². The average molecular weight is 348 g/mol. The largest absolute Gasteiger partial charge is 0.166 e. The number of benzene rings is 3. The van der Waals surface area contributed by atoms with Gasteiger partial charge in [-0.25, -0.2) is 0 Å². The number of rotatable bonds is 6. The summed E-state index contributed by atoms with van der Waals surface area (Å²) in [5, 5.41) is 0. The van der Waals surface area contributed by atoms with Crippen LogP contribution in [0.15, 0.2) is 87.5 Å². The van der Waals surface area contributed by atoms with Gasteiger partial charge in [0.1, 0.15) is 0 Å². The van der Waals surface area contributed by atoms with E-state index in [0.29, 0.717) is 0 Å². The monoisotopic (exact) mass is 347 g/mol. The molecule has 0 saturated carbocycles. The lowest BCUT2D eigenvalue weighted by Gasteiger charge is -2.09. The van der Waals surface area contributed by atoms with E-state index in [2.05, 4.69) is 93.6 Å². The van der Waals surface area contributed by atoms with Crippen molar-refractivity contribution in [1.29, 1.82) is 0 Å². The number of aryl methyl sites for hydroxylation is 3. The lowest BCUT2D eigenvalue weighted by Crippen LogP contribution is -2.05. The Morgan fingerprint density at radius 1 is 0.600 bits per heavy atom. The normalized spacial score (nSPS) is 11.0. The molecule has 0 nitrogen and oxygen atoms in total. The first-order valence-electron chi connectivity index (χ1n) is 9.14. The highest BCUT2D eigenvalue weighted by molar-refractivity contribution is 7.97. The number of unbranched alkanes of at least 4 members (excludes halogenated alkanes) is 1. The second kappa shape index (κ2) is 8.40. The Kier molecular flexibility index (Phi) is 5.99. The zero-order chi connectivity index (χ0) is 17.6. The van der Waals surface area contributed by atoms with Crippen LogP contribution in [-0.2, 0) is 17.3 Å². The van der Waals surface area contributed by atoms with Crippen LogP contribution >= 0.6 is 0 Å². The molecule has 0 spiro atoms. The van der Waals surface area contributed by atoms with Crippen molar-refractivity contribution in [3.63, 3.8) is 0 Å². The summed E-state index contributed by atoms with van der Waals surface area (Å²) in [5.41, 5.74) is 4.07. The Hall–Kier alpha value is -1.99. The summed E-state index contributed by atoms with van der Waals surface area (Å²) >= 11 is 0. The zero-order valence-electron chi connectivity index (χ0n) is 15.5. The van der Waals surface area contributed by atoms with Crippen LogP contribution in [0.2, 0.25) is 0 Å². The fourth-order valence-corrected chi connectivity index (χ4v) is 4.97. The fraction of sp³-hybridized carbons (Fsp3) is 0.250. The van der Waals surface area contributed by atoms with Crippen molar-refractivity contribution < 1.29 is 0 Å². The molecule has 3 aromatic carbocycles. The SMILES string of the molecule is CCCCc1ccc([S+](c2ccc(C)cc2)c2ccc(C)cc2)cc1. The van der Waals surface area contributed by atoms with E-state index >= 15 is 0 Å². The van der Waals surface area contributed by atoms with Crippen molar-refractivity contribution in [3.05, 3.63) is 89.5 Å². The van der Waals surface area contributed by atoms with E-state index in [9.17, 15) is 0 Å². The van der Waals surface area contributed by atoms with Crippen molar-refractivity contribution >= 4 is 10.9 Å². The van der Waals surface area contributed by atoms with Crippen LogP contribution in [0.4, 0.5) is 0 Å². The maximum atomic E-state index is 2.33. The van der Waals surface area contributed by atoms with E-state index in [0.717, 1.165) is 0 Å². The van der Waals surface area contributed by atoms with Crippen molar-refractivity contribution in [2.24, 2.45) is 0 Å². The third-order valence-electron chi connectivity index (χ3n) is 4.49. The van der Waals surface area contributed by atoms with Gasteiger partial charge in [-0.1, -0.05) is 60.9 Å². The van der Waals surface area contributed by atoms with Gasteiger partial charge in [-0.05, 0) is 68.7 Å². The Morgan fingerprint density at radius 2 is 1.00 bits per heavy atom. The lowest BCUT2D eigenvalue weighted by molar-refractivity contribution is 0.794. The second-order valence-electron chi connectivity index (χ2n) is 6.68. The average Bonchev–Trinajstić information content (AvgIpc) is 2.64. The van der Waals surface area contributed by atoms with E-state index in [-0.39, 0.29) is 10.9 Å². The van der Waals surface area contributed by atoms with Gasteiger partial charge in [0, 0.05) is 0 Å². The van der Waals surface area contributed by atoms with Gasteiger partial charge in [-0.15, -0.1) is 0 Å². The van der Waals surface area contributed by atoms with E-state index in [1.807, 2.05) is 0 Å². The predicted molar refractivity (Wildman–Crippen MR) is 110 cm³/mol. The first kappa shape index (κ1) is 17.8. The van der Waals surface area contributed by atoms with E-state index < -0.39 is 0 Å². The molecule has 0 saturated heterocycles. The summed E-state index contributed by atoms with van der Waals surface area (Å²) in [6.45, 7) is 6.55. The summed E-state index contributed by atoms with van der Waals surface area (Å²) in [4.78, 5) is 4.17. The molecule has 0 unspecified atom stereocenters. The maximum absolute atomic E-state index is 2.33. The van der Waals surface area contributed by atoms with E-state index in [1.54, 1.807) is 0 Å². The highest BCUT2D eigenvalue weighted by atomic mass is 32.2. The highest BCUT2D eigenvalue weighted by Crippen LogP contribution is 2.31. The van der Waals surface area contributed by atoms with Gasteiger partial charge in [0.15, 0.2) is 14.7 Å². The molecule has 0 amide bonds. The molecule has 0 fully saturated rings. The summed E-state index contributed by atoms with van der Waals surface area (Å²) in [6, 6.07) is 27.3. The van der Waals surface area contributed by atoms with Crippen molar-refractivity contribution in [1.82, 2.24) is 0 Å². The third kappa shape index (κ3) is 4.55. The molecule has 1 heteroatoms. The zero-order valence-corrected chi connectivity index (χ0v) is 16.3. The van der Waals surface area contributed by atoms with Crippen LogP contribution in [-0.4, -0.2) is 0 Å². The highest BCUT2D eigenvalue weighted by Gasteiger charge is 2.28. The van der Waals surface area contributed by atoms with Gasteiger partial charge in [0.05, 0.1) is 10.9 Å². The topological polar surface area (TPSA) is 0 Å². The molecule has 0 aromatic heterocycles. The first-order valence-corrected chi connectivity index (χ1v) is 10.4.